The molecule has 6 nitrogen and oxygen atoms in total. The molecule has 112 valence electrons. The zero-order valence-electron chi connectivity index (χ0n) is 10.8. The minimum absolute atomic E-state index is 0.109. The van der Waals surface area contributed by atoms with E-state index in [1.807, 2.05) is 0 Å². The third-order valence-corrected chi connectivity index (χ3v) is 2.76. The summed E-state index contributed by atoms with van der Waals surface area (Å²) in [4.78, 5) is 11.3. The first-order chi connectivity index (χ1) is 9.93. The summed E-state index contributed by atoms with van der Waals surface area (Å²) >= 11 is 5.63. The van der Waals surface area contributed by atoms with Crippen LogP contribution in [-0.4, -0.2) is 22.9 Å². The summed E-state index contributed by atoms with van der Waals surface area (Å²) in [6, 6.07) is 3.68. The lowest BCUT2D eigenvalue weighted by molar-refractivity contribution is 0.167. The standard InChI is InChI=1S/C13H11ClFNO5/c1-2-20-13(19)16-12-10(18)9(17)11(21-12)7-4-3-6(14)5-8(7)15/h3-5,17-18H,2H2,1H3,(H,16,19). The molecule has 0 saturated carbocycles. The minimum Gasteiger partial charge on any atom is -0.502 e. The van der Waals surface area contributed by atoms with Crippen LogP contribution >= 0.6 is 11.6 Å². The van der Waals surface area contributed by atoms with E-state index in [1.165, 1.54) is 12.1 Å². The number of nitrogens with one attached hydrogen (secondary N) is 1. The molecule has 0 aliphatic carbocycles. The van der Waals surface area contributed by atoms with Gasteiger partial charge < -0.3 is 19.4 Å². The number of ether oxygens (including phenoxy) is 1. The molecular weight excluding hydrogens is 305 g/mol. The van der Waals surface area contributed by atoms with E-state index in [2.05, 4.69) is 10.1 Å². The van der Waals surface area contributed by atoms with Crippen LogP contribution in [-0.2, 0) is 4.74 Å². The Bertz CT molecular complexity index is 685. The van der Waals surface area contributed by atoms with Crippen LogP contribution in [0.1, 0.15) is 6.92 Å². The molecule has 2 rings (SSSR count). The van der Waals surface area contributed by atoms with E-state index in [4.69, 9.17) is 16.0 Å². The van der Waals surface area contributed by atoms with Crippen molar-refractivity contribution in [3.05, 3.63) is 29.0 Å². The first-order valence-electron chi connectivity index (χ1n) is 5.88. The number of furan rings is 1. The van der Waals surface area contributed by atoms with E-state index < -0.39 is 29.3 Å². The highest BCUT2D eigenvalue weighted by Crippen LogP contribution is 2.46. The minimum atomic E-state index is -0.885. The Balaban J connectivity index is 2.40. The van der Waals surface area contributed by atoms with Gasteiger partial charge in [0.05, 0.1) is 12.2 Å². The number of halogens is 2. The van der Waals surface area contributed by atoms with Crippen molar-refractivity contribution in [3.8, 4) is 22.8 Å². The average Bonchev–Trinajstić information content (AvgIpc) is 2.68. The van der Waals surface area contributed by atoms with Crippen molar-refractivity contribution < 1.29 is 28.6 Å². The van der Waals surface area contributed by atoms with Crippen molar-refractivity contribution in [3.63, 3.8) is 0 Å². The third kappa shape index (κ3) is 3.03. The molecule has 8 heteroatoms. The zero-order chi connectivity index (χ0) is 15.6. The molecule has 0 aliphatic heterocycles. The number of carbonyl (C=O) groups is 1. The van der Waals surface area contributed by atoms with Gasteiger partial charge in [-0.15, -0.1) is 0 Å². The molecule has 0 spiro atoms. The molecule has 0 fully saturated rings. The van der Waals surface area contributed by atoms with E-state index in [9.17, 15) is 19.4 Å². The average molecular weight is 316 g/mol. The topological polar surface area (TPSA) is 91.9 Å². The number of rotatable bonds is 3. The van der Waals surface area contributed by atoms with Crippen molar-refractivity contribution in [2.45, 2.75) is 6.92 Å². The molecule has 1 heterocycles. The van der Waals surface area contributed by atoms with Gasteiger partial charge in [-0.05, 0) is 25.1 Å². The van der Waals surface area contributed by atoms with Crippen molar-refractivity contribution in [2.75, 3.05) is 11.9 Å². The van der Waals surface area contributed by atoms with Gasteiger partial charge in [0, 0.05) is 5.02 Å². The van der Waals surface area contributed by atoms with E-state index in [0.717, 1.165) is 6.07 Å². The summed E-state index contributed by atoms with van der Waals surface area (Å²) in [5.74, 6) is -2.98. The molecule has 1 aromatic heterocycles. The summed E-state index contributed by atoms with van der Waals surface area (Å²) in [6.45, 7) is 1.70. The van der Waals surface area contributed by atoms with E-state index in [0.29, 0.717) is 0 Å². The molecule has 0 unspecified atom stereocenters. The van der Waals surface area contributed by atoms with Crippen LogP contribution in [0.25, 0.3) is 11.3 Å². The van der Waals surface area contributed by atoms with Gasteiger partial charge in [-0.25, -0.2) is 9.18 Å². The van der Waals surface area contributed by atoms with Gasteiger partial charge in [-0.2, -0.15) is 0 Å². The molecule has 0 aliphatic rings. The van der Waals surface area contributed by atoms with Gasteiger partial charge in [-0.3, -0.25) is 5.32 Å². The van der Waals surface area contributed by atoms with Gasteiger partial charge in [-0.1, -0.05) is 11.6 Å². The smallest absolute Gasteiger partial charge is 0.414 e. The maximum atomic E-state index is 13.8. The van der Waals surface area contributed by atoms with Crippen molar-refractivity contribution in [1.29, 1.82) is 0 Å². The maximum absolute atomic E-state index is 13.8. The Morgan fingerprint density at radius 3 is 2.76 bits per heavy atom. The lowest BCUT2D eigenvalue weighted by atomic mass is 10.1. The molecule has 0 bridgehead atoms. The van der Waals surface area contributed by atoms with Crippen LogP contribution in [0.2, 0.25) is 5.02 Å². The van der Waals surface area contributed by atoms with E-state index in [1.54, 1.807) is 6.92 Å². The van der Waals surface area contributed by atoms with Crippen LogP contribution in [0.4, 0.5) is 15.1 Å². The van der Waals surface area contributed by atoms with Gasteiger partial charge in [0.25, 0.3) is 0 Å². The second kappa shape index (κ2) is 5.92. The third-order valence-electron chi connectivity index (χ3n) is 2.53. The summed E-state index contributed by atoms with van der Waals surface area (Å²) < 4.78 is 23.5. The number of anilines is 1. The number of aromatic hydroxyl groups is 2. The molecule has 1 aromatic carbocycles. The fourth-order valence-corrected chi connectivity index (χ4v) is 1.77. The number of hydrogen-bond acceptors (Lipinski definition) is 5. The highest BCUT2D eigenvalue weighted by atomic mass is 35.5. The number of carbonyl (C=O) groups excluding carboxylic acids is 1. The summed E-state index contributed by atoms with van der Waals surface area (Å²) in [5, 5.41) is 21.7. The van der Waals surface area contributed by atoms with Crippen LogP contribution in [0, 0.1) is 5.82 Å². The molecule has 1 amide bonds. The summed E-state index contributed by atoms with van der Waals surface area (Å²) in [6.07, 6.45) is -0.885. The lowest BCUT2D eigenvalue weighted by Gasteiger charge is -2.02. The quantitative estimate of drug-likeness (QED) is 0.803. The largest absolute Gasteiger partial charge is 0.502 e. The molecule has 0 radical (unpaired) electrons. The van der Waals surface area contributed by atoms with Gasteiger partial charge in [0.2, 0.25) is 17.4 Å². The van der Waals surface area contributed by atoms with Crippen molar-refractivity contribution >= 4 is 23.6 Å². The Labute approximate surface area is 123 Å². The predicted octanol–water partition coefficient (Wildman–Crippen LogP) is 3.72. The molecular formula is C13H11ClFNO5. The fraction of sp³-hybridized carbons (Fsp3) is 0.154. The Hall–Kier alpha value is -2.41. The van der Waals surface area contributed by atoms with Gasteiger partial charge in [0.1, 0.15) is 5.82 Å². The van der Waals surface area contributed by atoms with Crippen LogP contribution in [0.5, 0.6) is 11.5 Å². The van der Waals surface area contributed by atoms with Gasteiger partial charge in [0.15, 0.2) is 5.76 Å². The van der Waals surface area contributed by atoms with Gasteiger partial charge >= 0.3 is 6.09 Å². The van der Waals surface area contributed by atoms with E-state index >= 15 is 0 Å². The monoisotopic (exact) mass is 315 g/mol. The van der Waals surface area contributed by atoms with Crippen molar-refractivity contribution in [1.82, 2.24) is 0 Å². The number of amides is 1. The summed E-state index contributed by atoms with van der Waals surface area (Å²) in [7, 11) is 0. The van der Waals surface area contributed by atoms with Crippen LogP contribution < -0.4 is 5.32 Å². The zero-order valence-corrected chi connectivity index (χ0v) is 11.6. The molecule has 0 atom stereocenters. The second-order valence-corrected chi connectivity index (χ2v) is 4.36. The molecule has 2 aromatic rings. The SMILES string of the molecule is CCOC(=O)Nc1oc(-c2ccc(Cl)cc2F)c(O)c1O. The van der Waals surface area contributed by atoms with Crippen LogP contribution in [0.3, 0.4) is 0 Å². The normalized spacial score (nSPS) is 10.4. The fourth-order valence-electron chi connectivity index (χ4n) is 1.61. The molecule has 0 saturated heterocycles. The Kier molecular flexibility index (Phi) is 4.23. The summed E-state index contributed by atoms with van der Waals surface area (Å²) in [5.41, 5.74) is -0.121. The second-order valence-electron chi connectivity index (χ2n) is 3.93. The highest BCUT2D eigenvalue weighted by Gasteiger charge is 2.24. The maximum Gasteiger partial charge on any atom is 0.414 e. The number of hydrogen-bond donors (Lipinski definition) is 3. The predicted molar refractivity (Wildman–Crippen MR) is 73.1 cm³/mol. The van der Waals surface area contributed by atoms with E-state index in [-0.39, 0.29) is 23.0 Å². The Morgan fingerprint density at radius 2 is 2.14 bits per heavy atom. The molecule has 21 heavy (non-hydrogen) atoms. The van der Waals surface area contributed by atoms with Crippen molar-refractivity contribution in [2.24, 2.45) is 0 Å². The first-order valence-corrected chi connectivity index (χ1v) is 6.25. The molecule has 3 N–H and O–H groups in total. The van der Waals surface area contributed by atoms with Crippen LogP contribution in [0.15, 0.2) is 22.6 Å². The lowest BCUT2D eigenvalue weighted by Crippen LogP contribution is -2.12. The first kappa shape index (κ1) is 15.0. The Morgan fingerprint density at radius 1 is 1.43 bits per heavy atom. The highest BCUT2D eigenvalue weighted by molar-refractivity contribution is 6.30. The number of benzene rings is 1.